The van der Waals surface area contributed by atoms with Crippen molar-refractivity contribution in [1.29, 1.82) is 0 Å². The van der Waals surface area contributed by atoms with Crippen molar-refractivity contribution in [2.24, 2.45) is 17.7 Å². The van der Waals surface area contributed by atoms with Crippen LogP contribution >= 0.6 is 0 Å². The molecule has 0 spiro atoms. The molecule has 3 heterocycles. The predicted molar refractivity (Wildman–Crippen MR) is 79.3 cm³/mol. The number of nitrogens with two attached hydrogens (primary N) is 1. The van der Waals surface area contributed by atoms with Crippen LogP contribution in [0.2, 0.25) is 0 Å². The van der Waals surface area contributed by atoms with Crippen LogP contribution in [0.5, 0.6) is 0 Å². The van der Waals surface area contributed by atoms with E-state index in [4.69, 9.17) is 5.84 Å². The number of aromatic amines is 1. The van der Waals surface area contributed by atoms with E-state index >= 15 is 0 Å². The molecule has 3 rings (SSSR count). The van der Waals surface area contributed by atoms with Crippen LogP contribution in [0.4, 0.5) is 11.8 Å². The summed E-state index contributed by atoms with van der Waals surface area (Å²) in [5, 5.41) is 7.88. The number of hydrogen-bond donors (Lipinski definition) is 3. The second kappa shape index (κ2) is 5.24. The third-order valence-corrected chi connectivity index (χ3v) is 4.20. The molecule has 1 fully saturated rings. The highest BCUT2D eigenvalue weighted by molar-refractivity contribution is 5.87. The van der Waals surface area contributed by atoms with Gasteiger partial charge in [0.15, 0.2) is 5.65 Å². The van der Waals surface area contributed by atoms with E-state index in [0.717, 1.165) is 36.1 Å². The van der Waals surface area contributed by atoms with E-state index in [1.807, 2.05) is 0 Å². The third-order valence-electron chi connectivity index (χ3n) is 4.20. The third kappa shape index (κ3) is 2.29. The van der Waals surface area contributed by atoms with Crippen LogP contribution in [0.15, 0.2) is 6.20 Å². The first-order chi connectivity index (χ1) is 9.69. The largest absolute Gasteiger partial charge is 0.356 e. The summed E-state index contributed by atoms with van der Waals surface area (Å²) in [7, 11) is 0. The van der Waals surface area contributed by atoms with Crippen molar-refractivity contribution in [3.05, 3.63) is 6.20 Å². The number of nitrogen functional groups attached to an aromatic ring is 1. The monoisotopic (exact) mass is 275 g/mol. The number of aromatic nitrogens is 4. The van der Waals surface area contributed by atoms with Crippen LogP contribution < -0.4 is 16.2 Å². The van der Waals surface area contributed by atoms with Crippen molar-refractivity contribution in [3.8, 4) is 0 Å². The van der Waals surface area contributed by atoms with Crippen LogP contribution in [0.3, 0.4) is 0 Å². The molecule has 1 aliphatic rings. The Hall–Kier alpha value is -1.89. The molecule has 0 atom stereocenters. The Labute approximate surface area is 117 Å². The normalized spacial score (nSPS) is 17.1. The first kappa shape index (κ1) is 13.1. The lowest BCUT2D eigenvalue weighted by atomic mass is 9.87. The van der Waals surface area contributed by atoms with Crippen LogP contribution in [0.1, 0.15) is 26.7 Å². The molecule has 2 aromatic heterocycles. The highest BCUT2D eigenvalue weighted by Gasteiger charge is 2.24. The van der Waals surface area contributed by atoms with Crippen LogP contribution in [-0.2, 0) is 0 Å². The van der Waals surface area contributed by atoms with E-state index in [0.29, 0.717) is 11.6 Å². The fourth-order valence-corrected chi connectivity index (χ4v) is 2.90. The van der Waals surface area contributed by atoms with E-state index in [9.17, 15) is 0 Å². The number of fused-ring (bicyclic) bond motifs is 1. The zero-order chi connectivity index (χ0) is 14.1. The van der Waals surface area contributed by atoms with Gasteiger partial charge in [0.05, 0.1) is 11.6 Å². The molecule has 0 unspecified atom stereocenters. The van der Waals surface area contributed by atoms with Gasteiger partial charge in [-0.15, -0.1) is 0 Å². The van der Waals surface area contributed by atoms with Gasteiger partial charge in [-0.1, -0.05) is 13.8 Å². The maximum Gasteiger partial charge on any atom is 0.241 e. The van der Waals surface area contributed by atoms with Crippen molar-refractivity contribution < 1.29 is 0 Å². The molecule has 1 aliphatic heterocycles. The maximum absolute atomic E-state index is 5.44. The minimum Gasteiger partial charge on any atom is -0.356 e. The average Bonchev–Trinajstić information content (AvgIpc) is 2.94. The van der Waals surface area contributed by atoms with Crippen molar-refractivity contribution >= 4 is 22.8 Å². The van der Waals surface area contributed by atoms with Crippen molar-refractivity contribution in [1.82, 2.24) is 20.2 Å². The van der Waals surface area contributed by atoms with Crippen molar-refractivity contribution in [3.63, 3.8) is 0 Å². The zero-order valence-electron chi connectivity index (χ0n) is 11.9. The lowest BCUT2D eigenvalue weighted by Gasteiger charge is -2.34. The lowest BCUT2D eigenvalue weighted by molar-refractivity contribution is 0.311. The minimum absolute atomic E-state index is 0.419. The first-order valence-electron chi connectivity index (χ1n) is 7.11. The molecule has 0 amide bonds. The smallest absolute Gasteiger partial charge is 0.241 e. The lowest BCUT2D eigenvalue weighted by Crippen LogP contribution is -2.36. The highest BCUT2D eigenvalue weighted by atomic mass is 15.3. The number of nitrogens with zero attached hydrogens (tertiary/aromatic N) is 4. The van der Waals surface area contributed by atoms with Gasteiger partial charge in [-0.2, -0.15) is 15.1 Å². The Kier molecular flexibility index (Phi) is 3.43. The molecule has 2 aromatic rings. The fourth-order valence-electron chi connectivity index (χ4n) is 2.90. The second-order valence-corrected chi connectivity index (χ2v) is 5.72. The molecule has 0 aromatic carbocycles. The van der Waals surface area contributed by atoms with Gasteiger partial charge in [0.25, 0.3) is 0 Å². The number of hydrazine groups is 1. The van der Waals surface area contributed by atoms with E-state index in [2.05, 4.69) is 44.3 Å². The number of hydrogen-bond acceptors (Lipinski definition) is 6. The van der Waals surface area contributed by atoms with Crippen molar-refractivity contribution in [2.45, 2.75) is 26.7 Å². The molecule has 0 aliphatic carbocycles. The summed E-state index contributed by atoms with van der Waals surface area (Å²) in [6.07, 6.45) is 4.18. The molecule has 108 valence electrons. The number of piperidine rings is 1. The van der Waals surface area contributed by atoms with Gasteiger partial charge in [0.2, 0.25) is 5.95 Å². The average molecular weight is 275 g/mol. The van der Waals surface area contributed by atoms with E-state index in [-0.39, 0.29) is 0 Å². The van der Waals surface area contributed by atoms with Crippen LogP contribution in [0.25, 0.3) is 11.0 Å². The van der Waals surface area contributed by atoms with Gasteiger partial charge in [0.1, 0.15) is 5.82 Å². The first-order valence-corrected chi connectivity index (χ1v) is 7.11. The topological polar surface area (TPSA) is 95.8 Å². The van der Waals surface area contributed by atoms with E-state index in [1.165, 1.54) is 12.8 Å². The molecular formula is C13H21N7. The SMILES string of the molecule is CC(C)C1CCN(c2nc(NN)nc3[nH]ncc23)CC1. The van der Waals surface area contributed by atoms with Gasteiger partial charge in [-0.25, -0.2) is 5.84 Å². The van der Waals surface area contributed by atoms with Crippen LogP contribution in [-0.4, -0.2) is 33.3 Å². The number of rotatable bonds is 3. The number of nitrogens with one attached hydrogen (secondary N) is 2. The number of H-pyrrole nitrogens is 1. The maximum atomic E-state index is 5.44. The standard InChI is InChI=1S/C13H21N7/c1-8(2)9-3-5-20(6-4-9)12-10-7-15-19-11(10)16-13(17-12)18-14/h7-9H,3-6,14H2,1-2H3,(H2,15,16,17,18,19). The zero-order valence-corrected chi connectivity index (χ0v) is 11.9. The Morgan fingerprint density at radius 3 is 2.75 bits per heavy atom. The molecule has 4 N–H and O–H groups in total. The summed E-state index contributed by atoms with van der Waals surface area (Å²) in [6, 6.07) is 0. The fraction of sp³-hybridized carbons (Fsp3) is 0.615. The van der Waals surface area contributed by atoms with Gasteiger partial charge < -0.3 is 4.90 Å². The molecule has 0 radical (unpaired) electrons. The van der Waals surface area contributed by atoms with E-state index < -0.39 is 0 Å². The Morgan fingerprint density at radius 1 is 1.35 bits per heavy atom. The molecule has 0 saturated carbocycles. The highest BCUT2D eigenvalue weighted by Crippen LogP contribution is 2.30. The summed E-state index contributed by atoms with van der Waals surface area (Å²) in [5.41, 5.74) is 3.24. The second-order valence-electron chi connectivity index (χ2n) is 5.72. The van der Waals surface area contributed by atoms with Crippen molar-refractivity contribution in [2.75, 3.05) is 23.4 Å². The molecule has 0 bridgehead atoms. The molecular weight excluding hydrogens is 254 g/mol. The molecule has 7 nitrogen and oxygen atoms in total. The van der Waals surface area contributed by atoms with Gasteiger partial charge in [-0.3, -0.25) is 10.5 Å². The van der Waals surface area contributed by atoms with E-state index in [1.54, 1.807) is 6.20 Å². The molecule has 1 saturated heterocycles. The Morgan fingerprint density at radius 2 is 2.10 bits per heavy atom. The predicted octanol–water partition coefficient (Wildman–Crippen LogP) is 1.51. The summed E-state index contributed by atoms with van der Waals surface area (Å²) < 4.78 is 0. The summed E-state index contributed by atoms with van der Waals surface area (Å²) in [4.78, 5) is 11.1. The summed E-state index contributed by atoms with van der Waals surface area (Å²) in [5.74, 6) is 8.33. The summed E-state index contributed by atoms with van der Waals surface area (Å²) >= 11 is 0. The van der Waals surface area contributed by atoms with Crippen LogP contribution in [0, 0.1) is 11.8 Å². The molecule has 7 heteroatoms. The number of anilines is 2. The van der Waals surface area contributed by atoms with Gasteiger partial charge in [-0.05, 0) is 24.7 Å². The minimum atomic E-state index is 0.419. The Balaban J connectivity index is 1.88. The van der Waals surface area contributed by atoms with Gasteiger partial charge in [0, 0.05) is 13.1 Å². The summed E-state index contributed by atoms with van der Waals surface area (Å²) in [6.45, 7) is 6.64. The Bertz CT molecular complexity index is 583. The quantitative estimate of drug-likeness (QED) is 0.580. The van der Waals surface area contributed by atoms with Gasteiger partial charge >= 0.3 is 0 Å². The molecule has 20 heavy (non-hydrogen) atoms.